The third-order valence-electron chi connectivity index (χ3n) is 3.86. The van der Waals surface area contributed by atoms with E-state index in [1.807, 2.05) is 0 Å². The Kier molecular flexibility index (Phi) is 3.65. The molecule has 2 aliphatic heterocycles. The Bertz CT molecular complexity index is 558. The van der Waals surface area contributed by atoms with Crippen LogP contribution < -0.4 is 10.1 Å². The van der Waals surface area contributed by atoms with Crippen LogP contribution in [0, 0.1) is 0 Å². The van der Waals surface area contributed by atoms with E-state index < -0.39 is 12.5 Å². The number of benzene rings is 1. The third kappa shape index (κ3) is 3.05. The maximum absolute atomic E-state index is 12.9. The number of hydrogen-bond acceptors (Lipinski definition) is 2. The fraction of sp³-hybridized carbons (Fsp3) is 0.467. The van der Waals surface area contributed by atoms with Gasteiger partial charge >= 0.3 is 12.5 Å². The first-order valence-corrected chi connectivity index (χ1v) is 6.86. The second-order valence-electron chi connectivity index (χ2n) is 5.44. The SMILES string of the molecule is FC(F)C(F)(F)Oc1cccc(C2=CC3CCC(C2)N3)c1. The average Bonchev–Trinajstić information content (AvgIpc) is 2.77. The standard InChI is InChI=1S/C15H15F4NO/c16-14(17)15(18,19)21-13-3-1-2-9(8-13)10-6-11-4-5-12(7-10)20-11/h1-3,6,8,11-12,14,20H,4-5,7H2. The highest BCUT2D eigenvalue weighted by molar-refractivity contribution is 5.69. The van der Waals surface area contributed by atoms with Gasteiger partial charge in [0.05, 0.1) is 0 Å². The molecule has 0 aromatic heterocycles. The van der Waals surface area contributed by atoms with Gasteiger partial charge in [-0.3, -0.25) is 0 Å². The molecule has 3 rings (SSSR count). The number of fused-ring (bicyclic) bond motifs is 2. The van der Waals surface area contributed by atoms with Gasteiger partial charge in [-0.2, -0.15) is 17.6 Å². The first-order chi connectivity index (χ1) is 9.94. The van der Waals surface area contributed by atoms with Gasteiger partial charge < -0.3 is 10.1 Å². The number of hydrogen-bond donors (Lipinski definition) is 1. The Morgan fingerprint density at radius 3 is 2.76 bits per heavy atom. The summed E-state index contributed by atoms with van der Waals surface area (Å²) in [4.78, 5) is 0. The molecule has 1 fully saturated rings. The molecule has 2 unspecified atom stereocenters. The average molecular weight is 301 g/mol. The van der Waals surface area contributed by atoms with Gasteiger partial charge in [-0.05, 0) is 42.5 Å². The van der Waals surface area contributed by atoms with Crippen LogP contribution in [0.2, 0.25) is 0 Å². The van der Waals surface area contributed by atoms with Crippen molar-refractivity contribution in [2.75, 3.05) is 0 Å². The summed E-state index contributed by atoms with van der Waals surface area (Å²) in [6.07, 6.45) is -3.28. The van der Waals surface area contributed by atoms with E-state index in [-0.39, 0.29) is 5.75 Å². The van der Waals surface area contributed by atoms with E-state index in [0.29, 0.717) is 12.1 Å². The lowest BCUT2D eigenvalue weighted by Gasteiger charge is -2.22. The maximum atomic E-state index is 12.9. The van der Waals surface area contributed by atoms with Crippen molar-refractivity contribution in [1.29, 1.82) is 0 Å². The lowest BCUT2D eigenvalue weighted by molar-refractivity contribution is -0.253. The molecule has 2 atom stereocenters. The van der Waals surface area contributed by atoms with Gasteiger partial charge in [0.25, 0.3) is 0 Å². The number of alkyl halides is 4. The van der Waals surface area contributed by atoms with Crippen molar-refractivity contribution in [1.82, 2.24) is 5.32 Å². The molecule has 2 aliphatic rings. The highest BCUT2D eigenvalue weighted by atomic mass is 19.3. The predicted molar refractivity (Wildman–Crippen MR) is 70.6 cm³/mol. The van der Waals surface area contributed by atoms with Crippen molar-refractivity contribution in [2.45, 2.75) is 43.9 Å². The molecule has 1 N–H and O–H groups in total. The summed E-state index contributed by atoms with van der Waals surface area (Å²) in [5, 5.41) is 3.43. The highest BCUT2D eigenvalue weighted by Gasteiger charge is 2.44. The van der Waals surface area contributed by atoms with E-state index in [2.05, 4.69) is 16.1 Å². The van der Waals surface area contributed by atoms with Gasteiger partial charge in [0, 0.05) is 12.1 Å². The number of halogens is 4. The van der Waals surface area contributed by atoms with Crippen LogP contribution in [0.3, 0.4) is 0 Å². The van der Waals surface area contributed by atoms with Crippen LogP contribution in [0.25, 0.3) is 5.57 Å². The summed E-state index contributed by atoms with van der Waals surface area (Å²) in [6, 6.07) is 6.69. The Labute approximate surface area is 119 Å². The van der Waals surface area contributed by atoms with E-state index in [0.717, 1.165) is 30.4 Å². The Balaban J connectivity index is 1.81. The summed E-state index contributed by atoms with van der Waals surface area (Å²) in [5.74, 6) is -0.246. The Morgan fingerprint density at radius 1 is 1.24 bits per heavy atom. The summed E-state index contributed by atoms with van der Waals surface area (Å²) in [5.41, 5.74) is 1.79. The summed E-state index contributed by atoms with van der Waals surface area (Å²) < 4.78 is 54.4. The van der Waals surface area contributed by atoms with Gasteiger partial charge in [0.2, 0.25) is 0 Å². The molecule has 0 saturated carbocycles. The Hall–Kier alpha value is -1.56. The Morgan fingerprint density at radius 2 is 2.05 bits per heavy atom. The lowest BCUT2D eigenvalue weighted by Crippen LogP contribution is -2.33. The molecule has 1 aromatic carbocycles. The topological polar surface area (TPSA) is 21.3 Å². The highest BCUT2D eigenvalue weighted by Crippen LogP contribution is 2.34. The van der Waals surface area contributed by atoms with Crippen LogP contribution in [-0.2, 0) is 0 Å². The minimum absolute atomic E-state index is 0.246. The maximum Gasteiger partial charge on any atom is 0.461 e. The molecule has 1 aromatic rings. The van der Waals surface area contributed by atoms with Crippen molar-refractivity contribution >= 4 is 5.57 Å². The van der Waals surface area contributed by atoms with Gasteiger partial charge in [0.15, 0.2) is 0 Å². The summed E-state index contributed by atoms with van der Waals surface area (Å²) in [7, 11) is 0. The number of ether oxygens (including phenoxy) is 1. The number of nitrogens with one attached hydrogen (secondary N) is 1. The van der Waals surface area contributed by atoms with Crippen LogP contribution in [-0.4, -0.2) is 24.6 Å². The summed E-state index contributed by atoms with van der Waals surface area (Å²) in [6.45, 7) is 0. The molecule has 0 spiro atoms. The molecule has 114 valence electrons. The molecule has 2 bridgehead atoms. The zero-order valence-electron chi connectivity index (χ0n) is 11.2. The zero-order valence-corrected chi connectivity index (χ0v) is 11.2. The first-order valence-electron chi connectivity index (χ1n) is 6.86. The number of rotatable bonds is 4. The van der Waals surface area contributed by atoms with E-state index >= 15 is 0 Å². The van der Waals surface area contributed by atoms with Crippen molar-refractivity contribution in [3.8, 4) is 5.75 Å². The van der Waals surface area contributed by atoms with Crippen LogP contribution in [0.1, 0.15) is 24.8 Å². The van der Waals surface area contributed by atoms with Crippen molar-refractivity contribution < 1.29 is 22.3 Å². The molecular formula is C15H15F4NO. The van der Waals surface area contributed by atoms with E-state index in [9.17, 15) is 17.6 Å². The van der Waals surface area contributed by atoms with E-state index in [1.54, 1.807) is 6.07 Å². The van der Waals surface area contributed by atoms with Gasteiger partial charge in [-0.15, -0.1) is 0 Å². The minimum atomic E-state index is -4.47. The van der Waals surface area contributed by atoms with E-state index in [4.69, 9.17) is 0 Å². The van der Waals surface area contributed by atoms with Crippen LogP contribution in [0.4, 0.5) is 17.6 Å². The van der Waals surface area contributed by atoms with Gasteiger partial charge in [-0.1, -0.05) is 18.2 Å². The van der Waals surface area contributed by atoms with Crippen molar-refractivity contribution in [3.05, 3.63) is 35.9 Å². The second kappa shape index (κ2) is 5.33. The van der Waals surface area contributed by atoms with Crippen molar-refractivity contribution in [3.63, 3.8) is 0 Å². The minimum Gasteiger partial charge on any atom is -0.428 e. The summed E-state index contributed by atoms with van der Waals surface area (Å²) >= 11 is 0. The van der Waals surface area contributed by atoms with Gasteiger partial charge in [-0.25, -0.2) is 0 Å². The molecule has 2 heterocycles. The van der Waals surface area contributed by atoms with Crippen LogP contribution >= 0.6 is 0 Å². The second-order valence-corrected chi connectivity index (χ2v) is 5.44. The van der Waals surface area contributed by atoms with Crippen LogP contribution in [0.5, 0.6) is 5.75 Å². The monoisotopic (exact) mass is 301 g/mol. The predicted octanol–water partition coefficient (Wildman–Crippen LogP) is 3.83. The van der Waals surface area contributed by atoms with E-state index in [1.165, 1.54) is 18.2 Å². The molecule has 0 aliphatic carbocycles. The molecule has 2 nitrogen and oxygen atoms in total. The fourth-order valence-electron chi connectivity index (χ4n) is 2.89. The largest absolute Gasteiger partial charge is 0.461 e. The zero-order chi connectivity index (χ0) is 15.0. The lowest BCUT2D eigenvalue weighted by atomic mass is 9.96. The first kappa shape index (κ1) is 14.4. The van der Waals surface area contributed by atoms with Crippen molar-refractivity contribution in [2.24, 2.45) is 0 Å². The molecule has 21 heavy (non-hydrogen) atoms. The molecule has 0 radical (unpaired) electrons. The van der Waals surface area contributed by atoms with Gasteiger partial charge in [0.1, 0.15) is 5.75 Å². The van der Waals surface area contributed by atoms with Crippen LogP contribution in [0.15, 0.2) is 30.3 Å². The normalized spacial score (nSPS) is 25.1. The molecular weight excluding hydrogens is 286 g/mol. The molecule has 0 amide bonds. The molecule has 1 saturated heterocycles. The fourth-order valence-corrected chi connectivity index (χ4v) is 2.89. The smallest absolute Gasteiger partial charge is 0.428 e. The third-order valence-corrected chi connectivity index (χ3v) is 3.86. The molecule has 6 heteroatoms. The quantitative estimate of drug-likeness (QED) is 0.853.